The number of anilines is 1. The maximum Gasteiger partial charge on any atom is 0.264 e. The minimum atomic E-state index is -3.59. The van der Waals surface area contributed by atoms with Gasteiger partial charge in [0, 0.05) is 13.6 Å². The molecule has 0 atom stereocenters. The summed E-state index contributed by atoms with van der Waals surface area (Å²) in [4.78, 5) is 0.300. The summed E-state index contributed by atoms with van der Waals surface area (Å²) in [5.74, 6) is 0. The maximum atomic E-state index is 12.8. The SMILES string of the molecule is Cc1cccc(N(C)S(=O)(=O)c2cccc(CN)c2C)c1. The van der Waals surface area contributed by atoms with Crippen LogP contribution >= 0.6 is 0 Å². The monoisotopic (exact) mass is 304 g/mol. The molecule has 0 aliphatic carbocycles. The average molecular weight is 304 g/mol. The number of hydrogen-bond donors (Lipinski definition) is 1. The smallest absolute Gasteiger partial charge is 0.264 e. The van der Waals surface area contributed by atoms with Gasteiger partial charge in [0.25, 0.3) is 10.0 Å². The average Bonchev–Trinajstić information content (AvgIpc) is 2.46. The third-order valence-corrected chi connectivity index (χ3v) is 5.55. The van der Waals surface area contributed by atoms with E-state index in [4.69, 9.17) is 5.73 Å². The van der Waals surface area contributed by atoms with E-state index in [-0.39, 0.29) is 0 Å². The fraction of sp³-hybridized carbons (Fsp3) is 0.250. The van der Waals surface area contributed by atoms with Crippen LogP contribution in [0.1, 0.15) is 16.7 Å². The van der Waals surface area contributed by atoms with Crippen LogP contribution in [-0.2, 0) is 16.6 Å². The lowest BCUT2D eigenvalue weighted by Crippen LogP contribution is -2.27. The third kappa shape index (κ3) is 2.94. The molecule has 0 aromatic heterocycles. The zero-order valence-corrected chi connectivity index (χ0v) is 13.3. The summed E-state index contributed by atoms with van der Waals surface area (Å²) in [6.45, 7) is 4.05. The van der Waals surface area contributed by atoms with Gasteiger partial charge in [-0.3, -0.25) is 4.31 Å². The normalized spacial score (nSPS) is 11.4. The molecule has 2 rings (SSSR count). The van der Waals surface area contributed by atoms with Gasteiger partial charge in [-0.25, -0.2) is 8.42 Å². The molecule has 0 aliphatic heterocycles. The van der Waals surface area contributed by atoms with Crippen molar-refractivity contribution in [2.45, 2.75) is 25.3 Å². The van der Waals surface area contributed by atoms with Crippen molar-refractivity contribution in [3.05, 3.63) is 59.2 Å². The van der Waals surface area contributed by atoms with Crippen LogP contribution in [0.2, 0.25) is 0 Å². The van der Waals surface area contributed by atoms with Gasteiger partial charge >= 0.3 is 0 Å². The standard InChI is InChI=1S/C16H20N2O2S/c1-12-6-4-8-15(10-12)18(3)21(19,20)16-9-5-7-14(11-17)13(16)2/h4-10H,11,17H2,1-3H3. The van der Waals surface area contributed by atoms with Crippen LogP contribution in [-0.4, -0.2) is 15.5 Å². The Kier molecular flexibility index (Phi) is 4.34. The summed E-state index contributed by atoms with van der Waals surface area (Å²) in [5, 5.41) is 0. The lowest BCUT2D eigenvalue weighted by molar-refractivity contribution is 0.593. The summed E-state index contributed by atoms with van der Waals surface area (Å²) in [7, 11) is -2.03. The Morgan fingerprint density at radius 3 is 2.38 bits per heavy atom. The Morgan fingerprint density at radius 2 is 1.76 bits per heavy atom. The van der Waals surface area contributed by atoms with Crippen LogP contribution in [0.25, 0.3) is 0 Å². The van der Waals surface area contributed by atoms with Crippen LogP contribution in [0.15, 0.2) is 47.4 Å². The summed E-state index contributed by atoms with van der Waals surface area (Å²) in [6.07, 6.45) is 0. The van der Waals surface area contributed by atoms with E-state index in [0.29, 0.717) is 22.7 Å². The van der Waals surface area contributed by atoms with E-state index in [1.54, 1.807) is 32.2 Å². The van der Waals surface area contributed by atoms with Crippen molar-refractivity contribution in [2.75, 3.05) is 11.4 Å². The first kappa shape index (κ1) is 15.5. The molecule has 0 aliphatic rings. The number of rotatable bonds is 4. The predicted molar refractivity (Wildman–Crippen MR) is 85.8 cm³/mol. The van der Waals surface area contributed by atoms with Crippen LogP contribution in [0.4, 0.5) is 5.69 Å². The molecule has 0 heterocycles. The van der Waals surface area contributed by atoms with Gasteiger partial charge in [-0.15, -0.1) is 0 Å². The van der Waals surface area contributed by atoms with E-state index in [1.165, 1.54) is 4.31 Å². The summed E-state index contributed by atoms with van der Waals surface area (Å²) in [6, 6.07) is 12.6. The molecule has 0 spiro atoms. The van der Waals surface area contributed by atoms with Gasteiger partial charge < -0.3 is 5.73 Å². The molecule has 2 aromatic carbocycles. The molecule has 0 saturated heterocycles. The second-order valence-electron chi connectivity index (χ2n) is 5.06. The topological polar surface area (TPSA) is 63.4 Å². The minimum Gasteiger partial charge on any atom is -0.326 e. The molecule has 0 saturated carbocycles. The van der Waals surface area contributed by atoms with Gasteiger partial charge in [0.15, 0.2) is 0 Å². The van der Waals surface area contributed by atoms with Crippen LogP contribution in [0.5, 0.6) is 0 Å². The number of aryl methyl sites for hydroxylation is 1. The molecule has 0 unspecified atom stereocenters. The highest BCUT2D eigenvalue weighted by molar-refractivity contribution is 7.92. The zero-order valence-electron chi connectivity index (χ0n) is 12.5. The second kappa shape index (κ2) is 5.87. The summed E-state index contributed by atoms with van der Waals surface area (Å²) in [5.41, 5.74) is 8.87. The fourth-order valence-electron chi connectivity index (χ4n) is 2.27. The third-order valence-electron chi connectivity index (χ3n) is 3.62. The Labute approximate surface area is 126 Å². The molecule has 112 valence electrons. The quantitative estimate of drug-likeness (QED) is 0.944. The van der Waals surface area contributed by atoms with E-state index >= 15 is 0 Å². The predicted octanol–water partition coefficient (Wildman–Crippen LogP) is 2.59. The van der Waals surface area contributed by atoms with Crippen molar-refractivity contribution >= 4 is 15.7 Å². The summed E-state index contributed by atoms with van der Waals surface area (Å²) >= 11 is 0. The van der Waals surface area contributed by atoms with Crippen molar-refractivity contribution in [1.29, 1.82) is 0 Å². The van der Waals surface area contributed by atoms with Gasteiger partial charge in [0.2, 0.25) is 0 Å². The Bertz CT molecular complexity index is 755. The van der Waals surface area contributed by atoms with Crippen molar-refractivity contribution in [3.63, 3.8) is 0 Å². The number of nitrogens with two attached hydrogens (primary N) is 1. The number of sulfonamides is 1. The molecule has 0 radical (unpaired) electrons. The van der Waals surface area contributed by atoms with Gasteiger partial charge in [-0.05, 0) is 48.7 Å². The van der Waals surface area contributed by atoms with Gasteiger partial charge in [0.1, 0.15) is 0 Å². The van der Waals surface area contributed by atoms with E-state index in [2.05, 4.69) is 0 Å². The first-order chi connectivity index (χ1) is 9.87. The lowest BCUT2D eigenvalue weighted by atomic mass is 10.1. The van der Waals surface area contributed by atoms with E-state index < -0.39 is 10.0 Å². The molecule has 5 heteroatoms. The molecule has 4 nitrogen and oxygen atoms in total. The molecule has 0 amide bonds. The lowest BCUT2D eigenvalue weighted by Gasteiger charge is -2.21. The van der Waals surface area contributed by atoms with Crippen molar-refractivity contribution < 1.29 is 8.42 Å². The molecule has 0 fully saturated rings. The highest BCUT2D eigenvalue weighted by Crippen LogP contribution is 2.26. The van der Waals surface area contributed by atoms with E-state index in [0.717, 1.165) is 11.1 Å². The number of nitrogens with zero attached hydrogens (tertiary/aromatic N) is 1. The highest BCUT2D eigenvalue weighted by atomic mass is 32.2. The maximum absolute atomic E-state index is 12.8. The van der Waals surface area contributed by atoms with Gasteiger partial charge in [0.05, 0.1) is 10.6 Å². The Hall–Kier alpha value is -1.85. The molecular formula is C16H20N2O2S. The van der Waals surface area contributed by atoms with Crippen LogP contribution in [0, 0.1) is 13.8 Å². The highest BCUT2D eigenvalue weighted by Gasteiger charge is 2.24. The molecule has 2 aromatic rings. The summed E-state index contributed by atoms with van der Waals surface area (Å²) < 4.78 is 26.9. The molecular weight excluding hydrogens is 284 g/mol. The largest absolute Gasteiger partial charge is 0.326 e. The second-order valence-corrected chi connectivity index (χ2v) is 6.99. The van der Waals surface area contributed by atoms with E-state index in [1.807, 2.05) is 31.2 Å². The fourth-order valence-corrected chi connectivity index (χ4v) is 3.73. The van der Waals surface area contributed by atoms with Crippen LogP contribution in [0.3, 0.4) is 0 Å². The number of benzene rings is 2. The van der Waals surface area contributed by atoms with Gasteiger partial charge in [-0.2, -0.15) is 0 Å². The zero-order chi connectivity index (χ0) is 15.6. The first-order valence-electron chi connectivity index (χ1n) is 6.72. The Morgan fingerprint density at radius 1 is 1.10 bits per heavy atom. The molecule has 2 N–H and O–H groups in total. The van der Waals surface area contributed by atoms with Crippen molar-refractivity contribution in [1.82, 2.24) is 0 Å². The van der Waals surface area contributed by atoms with Gasteiger partial charge in [-0.1, -0.05) is 24.3 Å². The van der Waals surface area contributed by atoms with E-state index in [9.17, 15) is 8.42 Å². The first-order valence-corrected chi connectivity index (χ1v) is 8.16. The van der Waals surface area contributed by atoms with Crippen molar-refractivity contribution in [2.24, 2.45) is 5.73 Å². The number of hydrogen-bond acceptors (Lipinski definition) is 3. The molecule has 0 bridgehead atoms. The molecule has 21 heavy (non-hydrogen) atoms. The minimum absolute atomic E-state index is 0.300. The Balaban J connectivity index is 2.52. The van der Waals surface area contributed by atoms with Crippen molar-refractivity contribution in [3.8, 4) is 0 Å². The van der Waals surface area contributed by atoms with Crippen LogP contribution < -0.4 is 10.0 Å².